The third-order valence-electron chi connectivity index (χ3n) is 5.31. The first-order valence-corrected chi connectivity index (χ1v) is 11.5. The molecule has 1 saturated heterocycles. The number of hydrogen-bond acceptors (Lipinski definition) is 1. The predicted octanol–water partition coefficient (Wildman–Crippen LogP) is 5.69. The Morgan fingerprint density at radius 3 is 2.71 bits per heavy atom. The molecule has 2 aliphatic heterocycles. The van der Waals surface area contributed by atoms with Crippen LogP contribution in [0, 0.1) is 5.92 Å². The third-order valence-corrected chi connectivity index (χ3v) is 8.94. The van der Waals surface area contributed by atoms with Gasteiger partial charge in [-0.3, -0.25) is 0 Å². The van der Waals surface area contributed by atoms with Crippen LogP contribution in [0.5, 0.6) is 0 Å². The van der Waals surface area contributed by atoms with Crippen LogP contribution in [0.1, 0.15) is 32.6 Å². The highest BCUT2D eigenvalue weighted by atomic mass is 32.3. The van der Waals surface area contributed by atoms with Gasteiger partial charge in [-0.2, -0.15) is 0 Å². The van der Waals surface area contributed by atoms with Crippen LogP contribution >= 0.6 is 10.0 Å². The minimum Gasteiger partial charge on any atom is -0.348 e. The maximum Gasteiger partial charge on any atom is 0.100 e. The molecule has 24 heavy (non-hydrogen) atoms. The van der Waals surface area contributed by atoms with Crippen LogP contribution in [0.2, 0.25) is 0 Å². The maximum atomic E-state index is 13.3. The monoisotopic (exact) mass is 347 g/mol. The topological polar surface area (TPSA) is 3.01 Å². The Kier molecular flexibility index (Phi) is 5.10. The number of rotatable bonds is 3. The molecule has 0 aromatic carbocycles. The lowest BCUT2D eigenvalue weighted by Crippen LogP contribution is -2.22. The minimum absolute atomic E-state index is 0.0354. The van der Waals surface area contributed by atoms with E-state index in [1.165, 1.54) is 39.7 Å². The van der Waals surface area contributed by atoms with Gasteiger partial charge in [0.1, 0.15) is 5.83 Å². The number of hydrogen-bond donors (Lipinski definition) is 0. The van der Waals surface area contributed by atoms with Crippen LogP contribution in [0.25, 0.3) is 0 Å². The van der Waals surface area contributed by atoms with Gasteiger partial charge in [-0.1, -0.05) is 30.7 Å². The van der Waals surface area contributed by atoms with Gasteiger partial charge in [0.2, 0.25) is 0 Å². The van der Waals surface area contributed by atoms with Crippen molar-refractivity contribution >= 4 is 10.0 Å². The maximum absolute atomic E-state index is 13.3. The summed E-state index contributed by atoms with van der Waals surface area (Å²) in [5, 5.41) is 0. The van der Waals surface area contributed by atoms with E-state index in [9.17, 15) is 4.39 Å². The van der Waals surface area contributed by atoms with E-state index in [0.717, 1.165) is 19.3 Å². The van der Waals surface area contributed by atoms with Crippen LogP contribution in [0.3, 0.4) is 0 Å². The Labute approximate surface area is 148 Å². The summed E-state index contributed by atoms with van der Waals surface area (Å²) in [6.07, 6.45) is 14.5. The Morgan fingerprint density at radius 2 is 2.08 bits per heavy atom. The Hall–Kier alpha value is -1.22. The minimum atomic E-state index is -0.687. The second-order valence-corrected chi connectivity index (χ2v) is 11.9. The average Bonchev–Trinajstić information content (AvgIpc) is 3.20. The second-order valence-electron chi connectivity index (χ2n) is 7.93. The SMILES string of the molecule is C=C1CC(C)CS(C)(CC2=CC=C(F)CC2)CC/C1=C\C1=CN1C. The molecule has 0 radical (unpaired) electrons. The Bertz CT molecular complexity index is 655. The lowest BCUT2D eigenvalue weighted by molar-refractivity contribution is 0.582. The fourth-order valence-electron chi connectivity index (χ4n) is 3.93. The molecular weight excluding hydrogens is 317 g/mol. The summed E-state index contributed by atoms with van der Waals surface area (Å²) in [6, 6.07) is 0. The molecule has 3 rings (SSSR count). The molecule has 0 bridgehead atoms. The van der Waals surface area contributed by atoms with Crippen molar-refractivity contribution in [3.05, 3.63) is 59.3 Å². The molecule has 1 nitrogen and oxygen atoms in total. The summed E-state index contributed by atoms with van der Waals surface area (Å²) in [6.45, 7) is 6.73. The first-order valence-electron chi connectivity index (χ1n) is 8.93. The fraction of sp³-hybridized carbons (Fsp3) is 0.524. The highest BCUT2D eigenvalue weighted by Gasteiger charge is 2.27. The van der Waals surface area contributed by atoms with E-state index < -0.39 is 10.0 Å². The molecule has 0 spiro atoms. The number of likely N-dealkylation sites (N-methyl/N-ethyl adjacent to an activating group) is 1. The summed E-state index contributed by atoms with van der Waals surface area (Å²) < 4.78 is 13.3. The van der Waals surface area contributed by atoms with E-state index in [4.69, 9.17) is 0 Å². The van der Waals surface area contributed by atoms with Crippen LogP contribution in [-0.2, 0) is 0 Å². The van der Waals surface area contributed by atoms with Gasteiger partial charge in [0.25, 0.3) is 0 Å². The van der Waals surface area contributed by atoms with Crippen molar-refractivity contribution in [1.29, 1.82) is 0 Å². The van der Waals surface area contributed by atoms with Gasteiger partial charge in [-0.25, -0.2) is 14.4 Å². The van der Waals surface area contributed by atoms with Crippen molar-refractivity contribution in [3.8, 4) is 0 Å². The van der Waals surface area contributed by atoms with E-state index in [0.29, 0.717) is 12.3 Å². The molecule has 0 amide bonds. The molecule has 2 unspecified atom stereocenters. The molecule has 3 aliphatic rings. The second kappa shape index (κ2) is 6.95. The standard InChI is InChI=1S/C21H30FNS/c1-16-11-17(2)19(12-21-13-23(21)3)9-10-24(4,14-16)15-18-5-7-20(22)8-6-18/h5,7,12-13,16H,2,6,8-11,14-15H2,1,3-4H3/b19-12+. The molecule has 0 N–H and O–H groups in total. The summed E-state index contributed by atoms with van der Waals surface area (Å²) in [5.41, 5.74) is 5.55. The van der Waals surface area contributed by atoms with E-state index >= 15 is 0 Å². The van der Waals surface area contributed by atoms with Gasteiger partial charge in [-0.15, -0.1) is 0 Å². The molecular formula is C21H30FNS. The molecule has 0 aromatic rings. The van der Waals surface area contributed by atoms with Gasteiger partial charge in [0, 0.05) is 19.7 Å². The highest BCUT2D eigenvalue weighted by Crippen LogP contribution is 2.52. The normalized spacial score (nSPS) is 35.4. The number of halogens is 1. The van der Waals surface area contributed by atoms with Crippen LogP contribution in [0.4, 0.5) is 4.39 Å². The van der Waals surface area contributed by atoms with Gasteiger partial charge < -0.3 is 4.90 Å². The molecule has 1 aliphatic carbocycles. The Balaban J connectivity index is 1.73. The molecule has 3 heteroatoms. The zero-order chi connectivity index (χ0) is 17.3. The highest BCUT2D eigenvalue weighted by molar-refractivity contribution is 8.33. The summed E-state index contributed by atoms with van der Waals surface area (Å²) in [7, 11) is 1.41. The molecule has 0 aromatic heterocycles. The summed E-state index contributed by atoms with van der Waals surface area (Å²) in [4.78, 5) is 2.17. The number of nitrogens with zero attached hydrogens (tertiary/aromatic N) is 1. The third kappa shape index (κ3) is 4.44. The van der Waals surface area contributed by atoms with Crippen molar-refractivity contribution < 1.29 is 4.39 Å². The zero-order valence-electron chi connectivity index (χ0n) is 15.3. The number of allylic oxidation sites excluding steroid dienone is 6. The largest absolute Gasteiger partial charge is 0.348 e. The van der Waals surface area contributed by atoms with E-state index in [1.54, 1.807) is 6.08 Å². The van der Waals surface area contributed by atoms with Crippen LogP contribution < -0.4 is 0 Å². The van der Waals surface area contributed by atoms with Crippen molar-refractivity contribution in [3.63, 3.8) is 0 Å². The summed E-state index contributed by atoms with van der Waals surface area (Å²) in [5.74, 6) is 4.48. The average molecular weight is 348 g/mol. The van der Waals surface area contributed by atoms with Crippen molar-refractivity contribution in [2.45, 2.75) is 32.6 Å². The lowest BCUT2D eigenvalue weighted by Gasteiger charge is -2.42. The Morgan fingerprint density at radius 1 is 1.33 bits per heavy atom. The quantitative estimate of drug-likeness (QED) is 0.633. The molecule has 1 fully saturated rings. The predicted molar refractivity (Wildman–Crippen MR) is 106 cm³/mol. The fourth-order valence-corrected chi connectivity index (χ4v) is 7.70. The van der Waals surface area contributed by atoms with Crippen molar-refractivity contribution in [1.82, 2.24) is 4.90 Å². The first-order chi connectivity index (χ1) is 11.3. The smallest absolute Gasteiger partial charge is 0.100 e. The molecule has 0 saturated carbocycles. The van der Waals surface area contributed by atoms with Crippen molar-refractivity contribution in [2.75, 3.05) is 30.6 Å². The summed E-state index contributed by atoms with van der Waals surface area (Å²) >= 11 is 0. The van der Waals surface area contributed by atoms with Gasteiger partial charge in [0.15, 0.2) is 0 Å². The van der Waals surface area contributed by atoms with Gasteiger partial charge >= 0.3 is 0 Å². The van der Waals surface area contributed by atoms with Crippen molar-refractivity contribution in [2.24, 2.45) is 5.92 Å². The van der Waals surface area contributed by atoms with Crippen LogP contribution in [0.15, 0.2) is 59.3 Å². The first kappa shape index (κ1) is 17.6. The molecule has 132 valence electrons. The zero-order valence-corrected chi connectivity index (χ0v) is 16.1. The van der Waals surface area contributed by atoms with Crippen LogP contribution in [-0.4, -0.2) is 35.5 Å². The van der Waals surface area contributed by atoms with E-state index in [1.807, 2.05) is 6.08 Å². The molecule has 2 atom stereocenters. The van der Waals surface area contributed by atoms with Gasteiger partial charge in [0.05, 0.1) is 5.70 Å². The van der Waals surface area contributed by atoms with E-state index in [2.05, 4.69) is 44.0 Å². The molecule has 2 heterocycles. The lowest BCUT2D eigenvalue weighted by atomic mass is 9.95. The van der Waals surface area contributed by atoms with E-state index in [-0.39, 0.29) is 5.83 Å². The van der Waals surface area contributed by atoms with Gasteiger partial charge in [-0.05, 0) is 66.4 Å².